The lowest BCUT2D eigenvalue weighted by Gasteiger charge is -2.05. The van der Waals surface area contributed by atoms with Crippen LogP contribution in [-0.2, 0) is 4.79 Å². The molecule has 1 aromatic carbocycles. The highest BCUT2D eigenvalue weighted by molar-refractivity contribution is 6.30. The molecule has 0 fully saturated rings. The number of halogens is 1. The van der Waals surface area contributed by atoms with Crippen LogP contribution in [0.5, 0.6) is 0 Å². The Morgan fingerprint density at radius 3 is 2.81 bits per heavy atom. The van der Waals surface area contributed by atoms with E-state index >= 15 is 0 Å². The maximum absolute atomic E-state index is 11.8. The SMILES string of the molecule is Cc1cc(NC(=O)CCNC(=O)c2cccc(Cl)c2)no1. The van der Waals surface area contributed by atoms with Gasteiger partial charge in [-0.3, -0.25) is 9.59 Å². The zero-order valence-electron chi connectivity index (χ0n) is 11.4. The van der Waals surface area contributed by atoms with E-state index in [2.05, 4.69) is 15.8 Å². The highest BCUT2D eigenvalue weighted by atomic mass is 35.5. The van der Waals surface area contributed by atoms with Crippen molar-refractivity contribution >= 4 is 29.2 Å². The number of hydrogen-bond donors (Lipinski definition) is 2. The topological polar surface area (TPSA) is 84.2 Å². The molecule has 21 heavy (non-hydrogen) atoms. The minimum absolute atomic E-state index is 0.137. The molecule has 0 unspecified atom stereocenters. The van der Waals surface area contributed by atoms with Gasteiger partial charge in [-0.2, -0.15) is 0 Å². The van der Waals surface area contributed by atoms with Crippen LogP contribution in [0.25, 0.3) is 0 Å². The second-order valence-electron chi connectivity index (χ2n) is 4.39. The Morgan fingerprint density at radius 2 is 2.14 bits per heavy atom. The lowest BCUT2D eigenvalue weighted by atomic mass is 10.2. The van der Waals surface area contributed by atoms with Crippen molar-refractivity contribution in [3.05, 3.63) is 46.7 Å². The summed E-state index contributed by atoms with van der Waals surface area (Å²) in [6.45, 7) is 1.95. The Morgan fingerprint density at radius 1 is 1.33 bits per heavy atom. The third-order valence-corrected chi connectivity index (χ3v) is 2.85. The molecule has 110 valence electrons. The smallest absolute Gasteiger partial charge is 0.251 e. The maximum atomic E-state index is 11.8. The van der Waals surface area contributed by atoms with Crippen molar-refractivity contribution in [2.45, 2.75) is 13.3 Å². The highest BCUT2D eigenvalue weighted by Gasteiger charge is 2.08. The van der Waals surface area contributed by atoms with E-state index in [0.717, 1.165) is 0 Å². The summed E-state index contributed by atoms with van der Waals surface area (Å²) in [6.07, 6.45) is 0.137. The maximum Gasteiger partial charge on any atom is 0.251 e. The average Bonchev–Trinajstić information content (AvgIpc) is 2.84. The molecule has 1 aromatic heterocycles. The van der Waals surface area contributed by atoms with E-state index in [1.165, 1.54) is 0 Å². The van der Waals surface area contributed by atoms with Gasteiger partial charge < -0.3 is 15.2 Å². The second kappa shape index (κ2) is 6.90. The average molecular weight is 308 g/mol. The van der Waals surface area contributed by atoms with Gasteiger partial charge in [0.05, 0.1) is 0 Å². The Hall–Kier alpha value is -2.34. The Labute approximate surface area is 126 Å². The predicted octanol–water partition coefficient (Wildman–Crippen LogP) is 2.40. The van der Waals surface area contributed by atoms with Gasteiger partial charge in [0, 0.05) is 29.6 Å². The van der Waals surface area contributed by atoms with E-state index in [1.807, 2.05) is 0 Å². The summed E-state index contributed by atoms with van der Waals surface area (Å²) in [7, 11) is 0. The molecule has 2 amide bonds. The number of carbonyl (C=O) groups excluding carboxylic acids is 2. The number of rotatable bonds is 5. The summed E-state index contributed by atoms with van der Waals surface area (Å²) in [5.41, 5.74) is 0.454. The van der Waals surface area contributed by atoms with Gasteiger partial charge in [0.25, 0.3) is 5.91 Å². The fourth-order valence-corrected chi connectivity index (χ4v) is 1.84. The third kappa shape index (κ3) is 4.61. The molecule has 0 saturated heterocycles. The van der Waals surface area contributed by atoms with Crippen LogP contribution >= 0.6 is 11.6 Å². The molecular weight excluding hydrogens is 294 g/mol. The summed E-state index contributed by atoms with van der Waals surface area (Å²) < 4.78 is 4.83. The van der Waals surface area contributed by atoms with Gasteiger partial charge in [-0.1, -0.05) is 22.8 Å². The molecule has 0 aliphatic heterocycles. The van der Waals surface area contributed by atoms with E-state index in [1.54, 1.807) is 37.3 Å². The van der Waals surface area contributed by atoms with Crippen molar-refractivity contribution in [1.29, 1.82) is 0 Å². The Bertz CT molecular complexity index is 654. The number of nitrogens with zero attached hydrogens (tertiary/aromatic N) is 1. The van der Waals surface area contributed by atoms with Gasteiger partial charge in [-0.15, -0.1) is 0 Å². The minimum Gasteiger partial charge on any atom is -0.360 e. The van der Waals surface area contributed by atoms with Gasteiger partial charge in [-0.25, -0.2) is 0 Å². The van der Waals surface area contributed by atoms with Crippen molar-refractivity contribution in [2.75, 3.05) is 11.9 Å². The standard InChI is InChI=1S/C14H14ClN3O3/c1-9-7-12(18-21-9)17-13(19)5-6-16-14(20)10-3-2-4-11(15)8-10/h2-4,7-8H,5-6H2,1H3,(H,16,20)(H,17,18,19). The van der Waals surface area contributed by atoms with Crippen LogP contribution in [0.3, 0.4) is 0 Å². The van der Waals surface area contributed by atoms with Crippen LogP contribution in [0.1, 0.15) is 22.5 Å². The van der Waals surface area contributed by atoms with E-state index in [9.17, 15) is 9.59 Å². The summed E-state index contributed by atoms with van der Waals surface area (Å²) >= 11 is 5.81. The monoisotopic (exact) mass is 307 g/mol. The molecule has 6 nitrogen and oxygen atoms in total. The first kappa shape index (κ1) is 15.1. The van der Waals surface area contributed by atoms with E-state index in [0.29, 0.717) is 22.2 Å². The molecule has 0 radical (unpaired) electrons. The number of aromatic nitrogens is 1. The van der Waals surface area contributed by atoms with Gasteiger partial charge in [0.1, 0.15) is 5.76 Å². The molecule has 2 N–H and O–H groups in total. The van der Waals surface area contributed by atoms with Gasteiger partial charge in [0.15, 0.2) is 5.82 Å². The van der Waals surface area contributed by atoms with Gasteiger partial charge in [0.2, 0.25) is 5.91 Å². The molecular formula is C14H14ClN3O3. The van der Waals surface area contributed by atoms with Crippen LogP contribution in [0.2, 0.25) is 5.02 Å². The van der Waals surface area contributed by atoms with Crippen molar-refractivity contribution < 1.29 is 14.1 Å². The molecule has 0 atom stereocenters. The first-order valence-corrected chi connectivity index (χ1v) is 6.69. The zero-order chi connectivity index (χ0) is 15.2. The molecule has 2 aromatic rings. The van der Waals surface area contributed by atoms with E-state index in [-0.39, 0.29) is 24.8 Å². The summed E-state index contributed by atoms with van der Waals surface area (Å²) in [5.74, 6) is 0.440. The molecule has 0 aliphatic rings. The molecule has 0 bridgehead atoms. The molecule has 1 heterocycles. The number of anilines is 1. The third-order valence-electron chi connectivity index (χ3n) is 2.62. The number of nitrogens with one attached hydrogen (secondary N) is 2. The fourth-order valence-electron chi connectivity index (χ4n) is 1.65. The Kier molecular flexibility index (Phi) is 4.94. The molecule has 0 saturated carbocycles. The Balaban J connectivity index is 1.76. The number of aryl methyl sites for hydroxylation is 1. The molecule has 0 spiro atoms. The van der Waals surface area contributed by atoms with E-state index in [4.69, 9.17) is 16.1 Å². The van der Waals surface area contributed by atoms with Crippen molar-refractivity contribution in [3.8, 4) is 0 Å². The highest BCUT2D eigenvalue weighted by Crippen LogP contribution is 2.10. The van der Waals surface area contributed by atoms with Crippen LogP contribution in [0.15, 0.2) is 34.9 Å². The molecule has 2 rings (SSSR count). The molecule has 0 aliphatic carbocycles. The van der Waals surface area contributed by atoms with Crippen molar-refractivity contribution in [2.24, 2.45) is 0 Å². The summed E-state index contributed by atoms with van der Waals surface area (Å²) in [6, 6.07) is 8.21. The van der Waals surface area contributed by atoms with Crippen LogP contribution < -0.4 is 10.6 Å². The largest absolute Gasteiger partial charge is 0.360 e. The van der Waals surface area contributed by atoms with Crippen molar-refractivity contribution in [1.82, 2.24) is 10.5 Å². The number of carbonyl (C=O) groups is 2. The predicted molar refractivity (Wildman–Crippen MR) is 78.3 cm³/mol. The first-order valence-electron chi connectivity index (χ1n) is 6.31. The van der Waals surface area contributed by atoms with Crippen molar-refractivity contribution in [3.63, 3.8) is 0 Å². The van der Waals surface area contributed by atoms with Crippen LogP contribution in [0.4, 0.5) is 5.82 Å². The number of benzene rings is 1. The first-order chi connectivity index (χ1) is 10.0. The fraction of sp³-hybridized carbons (Fsp3) is 0.214. The quantitative estimate of drug-likeness (QED) is 0.888. The lowest BCUT2D eigenvalue weighted by Crippen LogP contribution is -2.27. The number of amides is 2. The zero-order valence-corrected chi connectivity index (χ0v) is 12.1. The second-order valence-corrected chi connectivity index (χ2v) is 4.82. The van der Waals surface area contributed by atoms with Crippen LogP contribution in [0, 0.1) is 6.92 Å². The minimum atomic E-state index is -0.275. The van der Waals surface area contributed by atoms with Crippen LogP contribution in [-0.4, -0.2) is 23.5 Å². The van der Waals surface area contributed by atoms with E-state index < -0.39 is 0 Å². The number of hydrogen-bond acceptors (Lipinski definition) is 4. The molecule has 7 heteroatoms. The van der Waals surface area contributed by atoms with Gasteiger partial charge in [-0.05, 0) is 25.1 Å². The summed E-state index contributed by atoms with van der Waals surface area (Å²) in [4.78, 5) is 23.4. The lowest BCUT2D eigenvalue weighted by molar-refractivity contribution is -0.116. The van der Waals surface area contributed by atoms with Gasteiger partial charge >= 0.3 is 0 Å². The normalized spacial score (nSPS) is 10.2. The summed E-state index contributed by atoms with van der Waals surface area (Å²) in [5, 5.41) is 9.35.